The second-order valence-corrected chi connectivity index (χ2v) is 4.35. The Kier molecular flexibility index (Phi) is 5.16. The van der Waals surface area contributed by atoms with Crippen molar-refractivity contribution in [2.75, 3.05) is 30.9 Å². The highest BCUT2D eigenvalue weighted by atomic mass is 16.5. The summed E-state index contributed by atoms with van der Waals surface area (Å²) in [4.78, 5) is 15.6. The van der Waals surface area contributed by atoms with Crippen molar-refractivity contribution in [3.63, 3.8) is 0 Å². The van der Waals surface area contributed by atoms with Crippen molar-refractivity contribution >= 4 is 23.2 Å². The van der Waals surface area contributed by atoms with Crippen molar-refractivity contribution in [2.45, 2.75) is 6.92 Å². The first kappa shape index (κ1) is 14.9. The highest BCUT2D eigenvalue weighted by molar-refractivity contribution is 5.95. The number of ketones is 1. The molecule has 2 N–H and O–H groups in total. The van der Waals surface area contributed by atoms with E-state index in [4.69, 9.17) is 4.74 Å². The van der Waals surface area contributed by atoms with E-state index >= 15 is 0 Å². The molecule has 1 heterocycles. The number of carbonyl (C=O) groups is 1. The van der Waals surface area contributed by atoms with E-state index in [1.165, 1.54) is 13.1 Å². The fourth-order valence-electron chi connectivity index (χ4n) is 1.67. The fourth-order valence-corrected chi connectivity index (χ4v) is 1.67. The maximum Gasteiger partial charge on any atom is 0.244 e. The summed E-state index contributed by atoms with van der Waals surface area (Å²) in [5, 5.41) is 13.8. The van der Waals surface area contributed by atoms with Crippen LogP contribution in [0, 0.1) is 0 Å². The molecule has 0 amide bonds. The molecule has 0 bridgehead atoms. The third-order valence-corrected chi connectivity index (χ3v) is 2.69. The summed E-state index contributed by atoms with van der Waals surface area (Å²) < 4.78 is 4.94. The number of methoxy groups -OCH3 is 1. The lowest BCUT2D eigenvalue weighted by molar-refractivity contribution is 0.101. The van der Waals surface area contributed by atoms with Gasteiger partial charge >= 0.3 is 0 Å². The van der Waals surface area contributed by atoms with Crippen LogP contribution in [0.4, 0.5) is 17.5 Å². The van der Waals surface area contributed by atoms with Crippen LogP contribution in [-0.2, 0) is 4.74 Å². The van der Waals surface area contributed by atoms with Gasteiger partial charge in [-0.25, -0.2) is 0 Å². The Labute approximate surface area is 122 Å². The number of rotatable bonds is 7. The zero-order valence-electron chi connectivity index (χ0n) is 12.0. The highest BCUT2D eigenvalue weighted by Crippen LogP contribution is 2.16. The molecule has 0 atom stereocenters. The number of hydrogen-bond acceptors (Lipinski definition) is 7. The number of aromatic nitrogens is 3. The van der Waals surface area contributed by atoms with Crippen molar-refractivity contribution in [2.24, 2.45) is 0 Å². The Hall–Kier alpha value is -2.54. The van der Waals surface area contributed by atoms with E-state index in [0.29, 0.717) is 30.5 Å². The maximum atomic E-state index is 11.4. The molecule has 7 heteroatoms. The second kappa shape index (κ2) is 7.30. The summed E-state index contributed by atoms with van der Waals surface area (Å²) in [5.41, 5.74) is 1.41. The van der Waals surface area contributed by atoms with Crippen LogP contribution in [0.15, 0.2) is 30.5 Å². The van der Waals surface area contributed by atoms with E-state index < -0.39 is 0 Å². The van der Waals surface area contributed by atoms with Gasteiger partial charge in [-0.3, -0.25) is 4.79 Å². The van der Waals surface area contributed by atoms with Gasteiger partial charge in [0.25, 0.3) is 0 Å². The summed E-state index contributed by atoms with van der Waals surface area (Å²) in [6.45, 7) is 2.69. The van der Waals surface area contributed by atoms with E-state index in [2.05, 4.69) is 25.8 Å². The minimum absolute atomic E-state index is 0.0152. The molecule has 2 rings (SSSR count). The molecule has 0 aliphatic rings. The molecule has 0 fully saturated rings. The first-order valence-electron chi connectivity index (χ1n) is 6.49. The second-order valence-electron chi connectivity index (χ2n) is 4.35. The smallest absolute Gasteiger partial charge is 0.244 e. The van der Waals surface area contributed by atoms with E-state index in [9.17, 15) is 4.79 Å². The quantitative estimate of drug-likeness (QED) is 0.593. The predicted octanol–water partition coefficient (Wildman–Crippen LogP) is 1.88. The van der Waals surface area contributed by atoms with Crippen LogP contribution in [0.2, 0.25) is 0 Å². The lowest BCUT2D eigenvalue weighted by atomic mass is 10.1. The summed E-state index contributed by atoms with van der Waals surface area (Å²) in [6.07, 6.45) is 1.52. The number of carbonyl (C=O) groups excluding carboxylic acids is 1. The van der Waals surface area contributed by atoms with Gasteiger partial charge in [0, 0.05) is 24.9 Å². The highest BCUT2D eigenvalue weighted by Gasteiger charge is 2.03. The topological polar surface area (TPSA) is 89.0 Å². The molecule has 1 aromatic carbocycles. The average Bonchev–Trinajstić information content (AvgIpc) is 2.48. The molecule has 21 heavy (non-hydrogen) atoms. The molecule has 0 saturated heterocycles. The summed E-state index contributed by atoms with van der Waals surface area (Å²) in [7, 11) is 1.63. The first-order valence-corrected chi connectivity index (χ1v) is 6.49. The van der Waals surface area contributed by atoms with Gasteiger partial charge in [0.2, 0.25) is 5.95 Å². The molecule has 7 nitrogen and oxygen atoms in total. The molecular formula is C14H17N5O2. The van der Waals surface area contributed by atoms with E-state index in [1.54, 1.807) is 19.2 Å². The van der Waals surface area contributed by atoms with Gasteiger partial charge in [-0.1, -0.05) is 12.1 Å². The van der Waals surface area contributed by atoms with Gasteiger partial charge in [-0.15, -0.1) is 5.10 Å². The van der Waals surface area contributed by atoms with Gasteiger partial charge < -0.3 is 15.4 Å². The lowest BCUT2D eigenvalue weighted by Gasteiger charge is -2.08. The summed E-state index contributed by atoms with van der Waals surface area (Å²) >= 11 is 0. The zero-order chi connectivity index (χ0) is 15.1. The van der Waals surface area contributed by atoms with Crippen molar-refractivity contribution in [1.29, 1.82) is 0 Å². The fraction of sp³-hybridized carbons (Fsp3) is 0.286. The minimum atomic E-state index is 0.0152. The summed E-state index contributed by atoms with van der Waals surface area (Å²) in [6, 6.07) is 7.20. The van der Waals surface area contributed by atoms with Crippen LogP contribution in [-0.4, -0.2) is 41.2 Å². The Morgan fingerprint density at radius 3 is 3.00 bits per heavy atom. The van der Waals surface area contributed by atoms with Gasteiger partial charge in [0.1, 0.15) is 0 Å². The third-order valence-electron chi connectivity index (χ3n) is 2.69. The number of anilines is 3. The van der Waals surface area contributed by atoms with Crippen LogP contribution >= 0.6 is 0 Å². The number of nitrogens with zero attached hydrogens (tertiary/aromatic N) is 3. The number of benzene rings is 1. The lowest BCUT2D eigenvalue weighted by Crippen LogP contribution is -2.11. The molecule has 0 radical (unpaired) electrons. The van der Waals surface area contributed by atoms with Gasteiger partial charge in [0.05, 0.1) is 12.8 Å². The van der Waals surface area contributed by atoms with Crippen LogP contribution in [0.3, 0.4) is 0 Å². The van der Waals surface area contributed by atoms with Gasteiger partial charge in [0.15, 0.2) is 11.6 Å². The SMILES string of the molecule is COCCNc1nncc(Nc2cccc(C(C)=O)c2)n1. The Morgan fingerprint density at radius 1 is 1.38 bits per heavy atom. The number of hydrogen-bond donors (Lipinski definition) is 2. The molecule has 0 spiro atoms. The predicted molar refractivity (Wildman–Crippen MR) is 79.9 cm³/mol. The number of Topliss-reactive ketones (excluding diaryl/α,β-unsaturated/α-hetero) is 1. The standard InChI is InChI=1S/C14H17N5O2/c1-10(20)11-4-3-5-12(8-11)17-13-9-16-19-14(18-13)15-6-7-21-2/h3-5,8-9H,6-7H2,1-2H3,(H2,15,17,18,19). The normalized spacial score (nSPS) is 10.2. The maximum absolute atomic E-state index is 11.4. The van der Waals surface area contributed by atoms with Crippen LogP contribution in [0.5, 0.6) is 0 Å². The van der Waals surface area contributed by atoms with Crippen LogP contribution in [0.1, 0.15) is 17.3 Å². The average molecular weight is 287 g/mol. The summed E-state index contributed by atoms with van der Waals surface area (Å²) in [5.74, 6) is 0.978. The largest absolute Gasteiger partial charge is 0.383 e. The van der Waals surface area contributed by atoms with Crippen LogP contribution in [0.25, 0.3) is 0 Å². The monoisotopic (exact) mass is 287 g/mol. The zero-order valence-corrected chi connectivity index (χ0v) is 12.0. The molecule has 1 aromatic heterocycles. The Bertz CT molecular complexity index is 618. The van der Waals surface area contributed by atoms with Gasteiger partial charge in [-0.2, -0.15) is 10.1 Å². The number of nitrogens with one attached hydrogen (secondary N) is 2. The molecule has 0 saturated carbocycles. The van der Waals surface area contributed by atoms with E-state index in [-0.39, 0.29) is 5.78 Å². The van der Waals surface area contributed by atoms with Crippen molar-refractivity contribution in [3.8, 4) is 0 Å². The van der Waals surface area contributed by atoms with Crippen LogP contribution < -0.4 is 10.6 Å². The van der Waals surface area contributed by atoms with E-state index in [1.807, 2.05) is 12.1 Å². The van der Waals surface area contributed by atoms with Crippen molar-refractivity contribution < 1.29 is 9.53 Å². The molecule has 0 aliphatic carbocycles. The van der Waals surface area contributed by atoms with Crippen molar-refractivity contribution in [1.82, 2.24) is 15.2 Å². The molecular weight excluding hydrogens is 270 g/mol. The molecule has 0 aliphatic heterocycles. The number of ether oxygens (including phenoxy) is 1. The Morgan fingerprint density at radius 2 is 2.24 bits per heavy atom. The first-order chi connectivity index (χ1) is 10.2. The molecule has 0 unspecified atom stereocenters. The molecule has 2 aromatic rings. The van der Waals surface area contributed by atoms with Gasteiger partial charge in [-0.05, 0) is 19.1 Å². The van der Waals surface area contributed by atoms with Crippen molar-refractivity contribution in [3.05, 3.63) is 36.0 Å². The minimum Gasteiger partial charge on any atom is -0.383 e. The Balaban J connectivity index is 2.07. The third kappa shape index (κ3) is 4.50. The van der Waals surface area contributed by atoms with E-state index in [0.717, 1.165) is 5.69 Å². The molecule has 110 valence electrons.